The molecule has 150 valence electrons. The second-order valence-electron chi connectivity index (χ2n) is 7.83. The third-order valence-corrected chi connectivity index (χ3v) is 6.90. The van der Waals surface area contributed by atoms with E-state index in [9.17, 15) is 9.46 Å². The number of ether oxygens (including phenoxy) is 1. The van der Waals surface area contributed by atoms with E-state index in [0.717, 1.165) is 38.5 Å². The highest BCUT2D eigenvalue weighted by atomic mass is 31.2. The maximum atomic E-state index is 11.1. The molecular formula is C19H26O7P-. The number of hydrogen-bond donors (Lipinski definition) is 1. The van der Waals surface area contributed by atoms with E-state index in [-0.39, 0.29) is 5.75 Å². The van der Waals surface area contributed by atoms with Crippen molar-refractivity contribution in [1.82, 2.24) is 0 Å². The van der Waals surface area contributed by atoms with Gasteiger partial charge in [0.25, 0.3) is 5.79 Å². The number of hydrogen-bond acceptors (Lipinski definition) is 6. The Morgan fingerprint density at radius 2 is 1.78 bits per heavy atom. The van der Waals surface area contributed by atoms with Crippen molar-refractivity contribution in [1.29, 1.82) is 0 Å². The van der Waals surface area contributed by atoms with Gasteiger partial charge in [0.05, 0.1) is 0 Å². The molecule has 4 rings (SSSR count). The quantitative estimate of drug-likeness (QED) is 0.614. The van der Waals surface area contributed by atoms with Gasteiger partial charge in [-0.3, -0.25) is 4.57 Å². The minimum Gasteiger partial charge on any atom is -0.746 e. The second-order valence-corrected chi connectivity index (χ2v) is 8.95. The van der Waals surface area contributed by atoms with Crippen molar-refractivity contribution in [3.05, 3.63) is 29.8 Å². The van der Waals surface area contributed by atoms with Crippen molar-refractivity contribution in [3.63, 3.8) is 0 Å². The Labute approximate surface area is 159 Å². The molecule has 1 aromatic rings. The van der Waals surface area contributed by atoms with Gasteiger partial charge in [0, 0.05) is 12.7 Å². The van der Waals surface area contributed by atoms with E-state index >= 15 is 0 Å². The highest BCUT2D eigenvalue weighted by Crippen LogP contribution is 2.63. The molecule has 1 spiro atoms. The van der Waals surface area contributed by atoms with E-state index in [0.29, 0.717) is 17.4 Å². The Balaban J connectivity index is 1.75. The van der Waals surface area contributed by atoms with Crippen LogP contribution in [0.15, 0.2) is 24.3 Å². The normalized spacial score (nSPS) is 38.3. The fourth-order valence-electron chi connectivity index (χ4n) is 5.41. The summed E-state index contributed by atoms with van der Waals surface area (Å²) in [6.45, 7) is 0. The van der Waals surface area contributed by atoms with Gasteiger partial charge in [0.1, 0.15) is 5.75 Å². The highest BCUT2D eigenvalue weighted by Gasteiger charge is 2.73. The Morgan fingerprint density at radius 1 is 1.11 bits per heavy atom. The molecular weight excluding hydrogens is 371 g/mol. The van der Waals surface area contributed by atoms with Crippen LogP contribution in [0.1, 0.15) is 56.9 Å². The first-order chi connectivity index (χ1) is 12.9. The van der Waals surface area contributed by atoms with Gasteiger partial charge in [-0.2, -0.15) is 4.89 Å². The van der Waals surface area contributed by atoms with Gasteiger partial charge < -0.3 is 19.0 Å². The first kappa shape index (κ1) is 19.4. The number of benzene rings is 1. The summed E-state index contributed by atoms with van der Waals surface area (Å²) in [6.07, 6.45) is 8.99. The predicted octanol–water partition coefficient (Wildman–Crippen LogP) is 3.41. The molecule has 1 aliphatic heterocycles. The van der Waals surface area contributed by atoms with Crippen molar-refractivity contribution in [3.8, 4) is 5.75 Å². The molecule has 4 atom stereocenters. The van der Waals surface area contributed by atoms with Crippen LogP contribution in [0.5, 0.6) is 5.75 Å². The average Bonchev–Trinajstić information content (AvgIpc) is 2.59. The second kappa shape index (κ2) is 7.14. The van der Waals surface area contributed by atoms with Gasteiger partial charge >= 0.3 is 7.82 Å². The van der Waals surface area contributed by atoms with E-state index in [4.69, 9.17) is 19.4 Å². The third kappa shape index (κ3) is 3.15. The summed E-state index contributed by atoms with van der Waals surface area (Å²) in [5.41, 5.74) is 0.0547. The topological polar surface area (TPSA) is 97.3 Å². The first-order valence-electron chi connectivity index (χ1n) is 9.67. The lowest BCUT2D eigenvalue weighted by Gasteiger charge is -2.63. The van der Waals surface area contributed by atoms with E-state index in [1.807, 2.05) is 6.07 Å². The van der Waals surface area contributed by atoms with Crippen LogP contribution in [0.2, 0.25) is 0 Å². The Kier molecular flexibility index (Phi) is 5.12. The molecule has 1 N–H and O–H groups in total. The summed E-state index contributed by atoms with van der Waals surface area (Å²) in [4.78, 5) is 31.8. The van der Waals surface area contributed by atoms with Crippen LogP contribution in [0.3, 0.4) is 0 Å². The molecule has 8 heteroatoms. The van der Waals surface area contributed by atoms with E-state index in [1.54, 1.807) is 19.2 Å². The van der Waals surface area contributed by atoms with Gasteiger partial charge in [0.15, 0.2) is 5.60 Å². The Bertz CT molecular complexity index is 715. The van der Waals surface area contributed by atoms with Crippen LogP contribution in [0.4, 0.5) is 0 Å². The third-order valence-electron chi connectivity index (χ3n) is 6.46. The standard InChI is InChI=1S/C19H27O7P/c1-23-19(16-11-6-12-17(13-16)24-27(20,21)22)18(25-26-19)14-7-3-2-4-8-15(18)10-5-9-14/h6,11-15H,2-5,7-10H2,1H3,(H2,20,21,22)/p-1. The molecule has 27 heavy (non-hydrogen) atoms. The van der Waals surface area contributed by atoms with Crippen LogP contribution >= 0.6 is 7.82 Å². The van der Waals surface area contributed by atoms with E-state index < -0.39 is 19.2 Å². The van der Waals surface area contributed by atoms with Crippen LogP contribution in [0.25, 0.3) is 0 Å². The fraction of sp³-hybridized carbons (Fsp3) is 0.684. The lowest BCUT2D eigenvalue weighted by molar-refractivity contribution is -0.640. The smallest absolute Gasteiger partial charge is 0.317 e. The molecule has 1 saturated heterocycles. The molecule has 0 aromatic heterocycles. The van der Waals surface area contributed by atoms with Gasteiger partial charge in [-0.05, 0) is 49.7 Å². The number of methoxy groups -OCH3 is 1. The van der Waals surface area contributed by atoms with Crippen molar-refractivity contribution < 1.29 is 33.4 Å². The van der Waals surface area contributed by atoms with Crippen LogP contribution in [-0.4, -0.2) is 17.6 Å². The summed E-state index contributed by atoms with van der Waals surface area (Å²) >= 11 is 0. The molecule has 7 nitrogen and oxygen atoms in total. The molecule has 0 amide bonds. The van der Waals surface area contributed by atoms with Crippen molar-refractivity contribution >= 4 is 7.82 Å². The molecule has 0 radical (unpaired) electrons. The number of rotatable bonds is 4. The summed E-state index contributed by atoms with van der Waals surface area (Å²) in [7, 11) is -3.30. The molecule has 1 aromatic carbocycles. The lowest BCUT2D eigenvalue weighted by Crippen LogP contribution is -2.73. The largest absolute Gasteiger partial charge is 0.746 e. The van der Waals surface area contributed by atoms with Crippen LogP contribution < -0.4 is 9.42 Å². The maximum Gasteiger partial charge on any atom is 0.317 e. The van der Waals surface area contributed by atoms with E-state index in [1.165, 1.54) is 18.9 Å². The molecule has 2 aliphatic carbocycles. The van der Waals surface area contributed by atoms with Crippen molar-refractivity contribution in [2.75, 3.05) is 7.11 Å². The summed E-state index contributed by atoms with van der Waals surface area (Å²) in [5.74, 6) is -0.454. The Morgan fingerprint density at radius 3 is 2.33 bits per heavy atom. The van der Waals surface area contributed by atoms with Crippen LogP contribution in [-0.2, 0) is 24.9 Å². The highest BCUT2D eigenvalue weighted by molar-refractivity contribution is 7.45. The first-order valence-corrected chi connectivity index (χ1v) is 11.2. The van der Waals surface area contributed by atoms with Gasteiger partial charge in [-0.25, -0.2) is 4.89 Å². The minimum atomic E-state index is -4.89. The average molecular weight is 397 g/mol. The van der Waals surface area contributed by atoms with E-state index in [2.05, 4.69) is 4.52 Å². The zero-order chi connectivity index (χ0) is 19.1. The molecule has 2 saturated carbocycles. The van der Waals surface area contributed by atoms with Crippen molar-refractivity contribution in [2.24, 2.45) is 11.8 Å². The molecule has 3 fully saturated rings. The number of phosphoric ester groups is 1. The number of phosphoric acid groups is 1. The predicted molar refractivity (Wildman–Crippen MR) is 94.4 cm³/mol. The fourth-order valence-corrected chi connectivity index (χ4v) is 5.79. The summed E-state index contributed by atoms with van der Waals surface area (Å²) in [6, 6.07) is 6.50. The minimum absolute atomic E-state index is 0.0198. The monoisotopic (exact) mass is 397 g/mol. The lowest BCUT2D eigenvalue weighted by atomic mass is 9.58. The summed E-state index contributed by atoms with van der Waals surface area (Å²) in [5, 5.41) is 0. The molecule has 2 bridgehead atoms. The Hall–Kier alpha value is -0.950. The molecule has 4 unspecified atom stereocenters. The van der Waals surface area contributed by atoms with Crippen LogP contribution in [0, 0.1) is 11.8 Å². The van der Waals surface area contributed by atoms with Crippen molar-refractivity contribution in [2.45, 2.75) is 62.8 Å². The SMILES string of the molecule is COC1(c2cccc(OP(=O)([O-])O)c2)OOC12C1CCCCCC2CCC1. The molecule has 3 aliphatic rings. The van der Waals surface area contributed by atoms with Gasteiger partial charge in [-0.15, -0.1) is 0 Å². The molecule has 1 heterocycles. The zero-order valence-corrected chi connectivity index (χ0v) is 16.4. The maximum absolute atomic E-state index is 11.1. The zero-order valence-electron chi connectivity index (χ0n) is 15.5. The van der Waals surface area contributed by atoms with Gasteiger partial charge in [0.2, 0.25) is 0 Å². The summed E-state index contributed by atoms with van der Waals surface area (Å²) < 4.78 is 21.8. The van der Waals surface area contributed by atoms with Gasteiger partial charge in [-0.1, -0.05) is 37.8 Å².